The van der Waals surface area contributed by atoms with E-state index in [0.29, 0.717) is 5.02 Å². The van der Waals surface area contributed by atoms with Gasteiger partial charge in [0.2, 0.25) is 5.91 Å². The van der Waals surface area contributed by atoms with Crippen LogP contribution in [0.3, 0.4) is 0 Å². The summed E-state index contributed by atoms with van der Waals surface area (Å²) in [6.07, 6.45) is -0.220. The van der Waals surface area contributed by atoms with Crippen LogP contribution in [0.2, 0.25) is 5.02 Å². The van der Waals surface area contributed by atoms with Gasteiger partial charge in [0, 0.05) is 29.1 Å². The minimum Gasteiger partial charge on any atom is -0.497 e. The predicted molar refractivity (Wildman–Crippen MR) is 118 cm³/mol. The lowest BCUT2D eigenvalue weighted by atomic mass is 10.1. The van der Waals surface area contributed by atoms with Gasteiger partial charge >= 0.3 is 5.97 Å². The quantitative estimate of drug-likeness (QED) is 0.323. The fraction of sp³-hybridized carbons (Fsp3) is 0.238. The number of anilines is 1. The zero-order valence-electron chi connectivity index (χ0n) is 17.8. The summed E-state index contributed by atoms with van der Waals surface area (Å²) in [4.78, 5) is 59.4. The van der Waals surface area contributed by atoms with Gasteiger partial charge in [-0.1, -0.05) is 11.6 Å². The van der Waals surface area contributed by atoms with E-state index in [2.05, 4.69) is 10.7 Å². The maximum Gasteiger partial charge on any atom is 0.311 e. The minimum absolute atomic E-state index is 0.127. The number of nitrogens with one attached hydrogen (secondary N) is 2. The van der Waals surface area contributed by atoms with Crippen LogP contribution in [0.25, 0.3) is 0 Å². The highest BCUT2D eigenvalue weighted by Gasteiger charge is 2.36. The molecule has 0 spiro atoms. The number of methoxy groups -OCH3 is 1. The number of nitrogens with zero attached hydrogens (tertiary/aromatic N) is 2. The molecule has 3 amide bonds. The molecule has 2 aromatic rings. The number of nitro benzene ring substituents is 1. The number of amides is 3. The van der Waals surface area contributed by atoms with E-state index in [1.165, 1.54) is 43.5 Å². The molecule has 1 aliphatic heterocycles. The molecule has 0 aromatic heterocycles. The first-order valence-corrected chi connectivity index (χ1v) is 10.2. The van der Waals surface area contributed by atoms with Gasteiger partial charge in [-0.2, -0.15) is 0 Å². The summed E-state index contributed by atoms with van der Waals surface area (Å²) in [6, 6.07) is 9.79. The van der Waals surface area contributed by atoms with Gasteiger partial charge in [-0.25, -0.2) is 0 Å². The van der Waals surface area contributed by atoms with Crippen molar-refractivity contribution < 1.29 is 33.6 Å². The van der Waals surface area contributed by atoms with Crippen LogP contribution in [-0.2, 0) is 19.1 Å². The number of carbonyl (C=O) groups is 4. The Balaban J connectivity index is 1.53. The van der Waals surface area contributed by atoms with Crippen molar-refractivity contribution in [1.29, 1.82) is 0 Å². The number of hydrazine groups is 1. The molecule has 0 aliphatic carbocycles. The Morgan fingerprint density at radius 2 is 1.91 bits per heavy atom. The monoisotopic (exact) mass is 490 g/mol. The van der Waals surface area contributed by atoms with E-state index < -0.39 is 41.1 Å². The minimum atomic E-state index is -0.906. The Morgan fingerprint density at radius 1 is 1.21 bits per heavy atom. The van der Waals surface area contributed by atoms with Crippen LogP contribution in [0.5, 0.6) is 5.75 Å². The summed E-state index contributed by atoms with van der Waals surface area (Å²) in [6.45, 7) is -0.866. The smallest absolute Gasteiger partial charge is 0.311 e. The van der Waals surface area contributed by atoms with Crippen LogP contribution in [0.1, 0.15) is 16.8 Å². The third-order valence-electron chi connectivity index (χ3n) is 4.82. The van der Waals surface area contributed by atoms with E-state index in [1.54, 1.807) is 0 Å². The van der Waals surface area contributed by atoms with Crippen molar-refractivity contribution in [3.63, 3.8) is 0 Å². The van der Waals surface area contributed by atoms with Gasteiger partial charge in [0.25, 0.3) is 17.5 Å². The number of hydrogen-bond donors (Lipinski definition) is 2. The second-order valence-electron chi connectivity index (χ2n) is 7.15. The SMILES string of the molecule is COc1ccc([N+](=O)[O-])c(NC(=O)COC(=O)[C@@H]2CC(=O)N(NC(=O)c3ccc(Cl)cc3)C2)c1. The summed E-state index contributed by atoms with van der Waals surface area (Å²) in [5.41, 5.74) is 2.19. The van der Waals surface area contributed by atoms with Crippen molar-refractivity contribution in [2.24, 2.45) is 5.92 Å². The second-order valence-corrected chi connectivity index (χ2v) is 7.59. The number of esters is 1. The lowest BCUT2D eigenvalue weighted by molar-refractivity contribution is -0.383. The number of hydrogen-bond acceptors (Lipinski definition) is 8. The Hall–Kier alpha value is -4.19. The Morgan fingerprint density at radius 3 is 2.56 bits per heavy atom. The fourth-order valence-electron chi connectivity index (χ4n) is 3.10. The molecule has 0 bridgehead atoms. The van der Waals surface area contributed by atoms with Gasteiger partial charge in [-0.05, 0) is 30.3 Å². The van der Waals surface area contributed by atoms with E-state index in [0.717, 1.165) is 11.1 Å². The van der Waals surface area contributed by atoms with Crippen LogP contribution in [0.4, 0.5) is 11.4 Å². The average Bonchev–Trinajstić information content (AvgIpc) is 3.17. The molecule has 13 heteroatoms. The van der Waals surface area contributed by atoms with Crippen LogP contribution in [0, 0.1) is 16.0 Å². The molecule has 12 nitrogen and oxygen atoms in total. The molecule has 0 saturated carbocycles. The molecule has 2 aromatic carbocycles. The topological polar surface area (TPSA) is 157 Å². The van der Waals surface area contributed by atoms with Gasteiger partial charge in [0.05, 0.1) is 24.5 Å². The highest BCUT2D eigenvalue weighted by Crippen LogP contribution is 2.28. The van der Waals surface area contributed by atoms with Gasteiger partial charge in [0.15, 0.2) is 6.61 Å². The Kier molecular flexibility index (Phi) is 7.64. The number of rotatable bonds is 8. The lowest BCUT2D eigenvalue weighted by Gasteiger charge is -2.17. The molecule has 2 N–H and O–H groups in total. The predicted octanol–water partition coefficient (Wildman–Crippen LogP) is 1.93. The molecule has 1 heterocycles. The van der Waals surface area contributed by atoms with Gasteiger partial charge in [-0.3, -0.25) is 39.7 Å². The molecule has 1 atom stereocenters. The zero-order valence-corrected chi connectivity index (χ0v) is 18.5. The van der Waals surface area contributed by atoms with E-state index >= 15 is 0 Å². The summed E-state index contributed by atoms with van der Waals surface area (Å²) >= 11 is 5.78. The van der Waals surface area contributed by atoms with Crippen LogP contribution in [-0.4, -0.2) is 53.9 Å². The van der Waals surface area contributed by atoms with Crippen molar-refractivity contribution in [3.05, 3.63) is 63.2 Å². The molecule has 3 rings (SSSR count). The first-order valence-electron chi connectivity index (χ1n) is 9.83. The van der Waals surface area contributed by atoms with E-state index in [9.17, 15) is 29.3 Å². The van der Waals surface area contributed by atoms with Crippen LogP contribution in [0.15, 0.2) is 42.5 Å². The summed E-state index contributed by atoms with van der Waals surface area (Å²) in [7, 11) is 1.36. The van der Waals surface area contributed by atoms with Gasteiger partial charge in [-0.15, -0.1) is 0 Å². The Labute approximate surface area is 197 Å². The molecular weight excluding hydrogens is 472 g/mol. The molecule has 1 fully saturated rings. The molecule has 1 aliphatic rings. The van der Waals surface area contributed by atoms with Crippen molar-refractivity contribution in [1.82, 2.24) is 10.4 Å². The standard InChI is InChI=1S/C21H19ClN4O8/c1-33-15-6-7-17(26(31)32)16(9-15)23-18(27)11-34-21(30)13-8-19(28)25(10-13)24-20(29)12-2-4-14(22)5-3-12/h2-7,9,13H,8,10-11H2,1H3,(H,23,27)(H,24,29)/t13-/m1/s1. The third kappa shape index (κ3) is 5.98. The van der Waals surface area contributed by atoms with Gasteiger partial charge < -0.3 is 14.8 Å². The molecular formula is C21H19ClN4O8. The van der Waals surface area contributed by atoms with Crippen molar-refractivity contribution >= 4 is 46.7 Å². The maximum atomic E-state index is 12.3. The van der Waals surface area contributed by atoms with Crippen LogP contribution >= 0.6 is 11.6 Å². The molecule has 178 valence electrons. The van der Waals surface area contributed by atoms with Gasteiger partial charge in [0.1, 0.15) is 11.4 Å². The summed E-state index contributed by atoms with van der Waals surface area (Å²) in [5, 5.41) is 14.9. The number of benzene rings is 2. The first-order chi connectivity index (χ1) is 16.2. The number of halogens is 1. The normalized spacial score (nSPS) is 14.9. The number of nitro groups is 1. The molecule has 0 radical (unpaired) electrons. The highest BCUT2D eigenvalue weighted by molar-refractivity contribution is 6.30. The van der Waals surface area contributed by atoms with E-state index in [-0.39, 0.29) is 35.7 Å². The zero-order chi connectivity index (χ0) is 24.8. The average molecular weight is 491 g/mol. The number of carbonyl (C=O) groups excluding carboxylic acids is 4. The third-order valence-corrected chi connectivity index (χ3v) is 5.07. The molecule has 1 saturated heterocycles. The fourth-order valence-corrected chi connectivity index (χ4v) is 3.23. The van der Waals surface area contributed by atoms with Crippen molar-refractivity contribution in [2.45, 2.75) is 6.42 Å². The van der Waals surface area contributed by atoms with Crippen molar-refractivity contribution in [2.75, 3.05) is 25.6 Å². The van der Waals surface area contributed by atoms with E-state index in [1.807, 2.05) is 0 Å². The summed E-state index contributed by atoms with van der Waals surface area (Å²) in [5.74, 6) is -3.33. The molecule has 34 heavy (non-hydrogen) atoms. The highest BCUT2D eigenvalue weighted by atomic mass is 35.5. The first kappa shape index (κ1) is 24.5. The lowest BCUT2D eigenvalue weighted by Crippen LogP contribution is -2.43. The Bertz CT molecular complexity index is 1140. The summed E-state index contributed by atoms with van der Waals surface area (Å²) < 4.78 is 9.94. The second kappa shape index (κ2) is 10.6. The van der Waals surface area contributed by atoms with Crippen LogP contribution < -0.4 is 15.5 Å². The molecule has 0 unspecified atom stereocenters. The van der Waals surface area contributed by atoms with E-state index in [4.69, 9.17) is 21.1 Å². The van der Waals surface area contributed by atoms with Crippen molar-refractivity contribution in [3.8, 4) is 5.75 Å². The largest absolute Gasteiger partial charge is 0.497 e. The number of ether oxygens (including phenoxy) is 2. The maximum absolute atomic E-state index is 12.3.